The molecule has 1 aliphatic heterocycles. The van der Waals surface area contributed by atoms with Crippen molar-refractivity contribution in [2.45, 2.75) is 51.9 Å². The van der Waals surface area contributed by atoms with E-state index in [1.54, 1.807) is 0 Å². The van der Waals surface area contributed by atoms with E-state index >= 15 is 0 Å². The molecule has 19 heavy (non-hydrogen) atoms. The molecule has 2 nitrogen and oxygen atoms in total. The summed E-state index contributed by atoms with van der Waals surface area (Å²) in [5.74, 6) is 5.13. The SMILES string of the molecule is CC1CCCN(C(=O)C2C3CC4CC(C3)CC2C4)C1. The normalized spacial score (nSPS) is 48.6. The first-order valence-electron chi connectivity index (χ1n) is 8.49. The summed E-state index contributed by atoms with van der Waals surface area (Å²) in [5, 5.41) is 0. The minimum absolute atomic E-state index is 0.415. The van der Waals surface area contributed by atoms with Crippen LogP contribution in [0, 0.1) is 35.5 Å². The van der Waals surface area contributed by atoms with Crippen LogP contribution in [-0.2, 0) is 4.79 Å². The minimum Gasteiger partial charge on any atom is -0.342 e. The average Bonchev–Trinajstić information content (AvgIpc) is 2.37. The highest BCUT2D eigenvalue weighted by molar-refractivity contribution is 5.80. The summed E-state index contributed by atoms with van der Waals surface area (Å²) in [5.41, 5.74) is 0. The van der Waals surface area contributed by atoms with Crippen LogP contribution in [0.5, 0.6) is 0 Å². The monoisotopic (exact) mass is 261 g/mol. The molecular weight excluding hydrogens is 234 g/mol. The van der Waals surface area contributed by atoms with Crippen molar-refractivity contribution >= 4 is 5.91 Å². The molecule has 4 aliphatic carbocycles. The lowest BCUT2D eigenvalue weighted by Crippen LogP contribution is -2.53. The number of amides is 1. The van der Waals surface area contributed by atoms with Crippen molar-refractivity contribution in [1.82, 2.24) is 4.90 Å². The van der Waals surface area contributed by atoms with Gasteiger partial charge in [-0.1, -0.05) is 6.92 Å². The molecule has 5 aliphatic rings. The molecule has 5 rings (SSSR count). The quantitative estimate of drug-likeness (QED) is 0.709. The number of carbonyl (C=O) groups excluding carboxylic acids is 1. The molecule has 106 valence electrons. The Hall–Kier alpha value is -0.530. The van der Waals surface area contributed by atoms with Gasteiger partial charge in [0.15, 0.2) is 0 Å². The van der Waals surface area contributed by atoms with E-state index in [0.29, 0.717) is 11.8 Å². The van der Waals surface area contributed by atoms with E-state index in [1.807, 2.05) is 0 Å². The van der Waals surface area contributed by atoms with Crippen LogP contribution in [-0.4, -0.2) is 23.9 Å². The molecule has 0 aromatic carbocycles. The van der Waals surface area contributed by atoms with Gasteiger partial charge in [-0.15, -0.1) is 0 Å². The Morgan fingerprint density at radius 3 is 2.21 bits per heavy atom. The third-order valence-electron chi connectivity index (χ3n) is 6.48. The van der Waals surface area contributed by atoms with Crippen molar-refractivity contribution in [3.8, 4) is 0 Å². The number of piperidine rings is 1. The van der Waals surface area contributed by atoms with Crippen LogP contribution >= 0.6 is 0 Å². The Balaban J connectivity index is 1.51. The minimum atomic E-state index is 0.415. The summed E-state index contributed by atoms with van der Waals surface area (Å²) in [7, 11) is 0. The Labute approximate surface area is 116 Å². The van der Waals surface area contributed by atoms with Gasteiger partial charge in [0, 0.05) is 19.0 Å². The summed E-state index contributed by atoms with van der Waals surface area (Å²) in [6.45, 7) is 4.37. The van der Waals surface area contributed by atoms with Crippen molar-refractivity contribution in [2.24, 2.45) is 35.5 Å². The number of hydrogen-bond donors (Lipinski definition) is 0. The van der Waals surface area contributed by atoms with E-state index in [1.165, 1.54) is 44.9 Å². The fourth-order valence-corrected chi connectivity index (χ4v) is 5.93. The summed E-state index contributed by atoms with van der Waals surface area (Å²) >= 11 is 0. The van der Waals surface area contributed by atoms with E-state index in [0.717, 1.165) is 42.7 Å². The summed E-state index contributed by atoms with van der Waals surface area (Å²) < 4.78 is 0. The number of carbonyl (C=O) groups is 1. The fourth-order valence-electron chi connectivity index (χ4n) is 5.93. The van der Waals surface area contributed by atoms with Crippen LogP contribution in [0.1, 0.15) is 51.9 Å². The van der Waals surface area contributed by atoms with Gasteiger partial charge in [0.2, 0.25) is 5.91 Å². The van der Waals surface area contributed by atoms with Crippen molar-refractivity contribution in [3.63, 3.8) is 0 Å². The van der Waals surface area contributed by atoms with E-state index in [4.69, 9.17) is 0 Å². The second-order valence-corrected chi connectivity index (χ2v) is 7.99. The largest absolute Gasteiger partial charge is 0.342 e. The molecule has 5 fully saturated rings. The zero-order valence-electron chi connectivity index (χ0n) is 12.2. The third-order valence-corrected chi connectivity index (χ3v) is 6.48. The Morgan fingerprint density at radius 1 is 1.00 bits per heavy atom. The molecule has 1 amide bonds. The second kappa shape index (κ2) is 4.49. The number of likely N-dealkylation sites (tertiary alicyclic amines) is 1. The number of hydrogen-bond acceptors (Lipinski definition) is 1. The van der Waals surface area contributed by atoms with Crippen molar-refractivity contribution in [2.75, 3.05) is 13.1 Å². The molecule has 1 heterocycles. The highest BCUT2D eigenvalue weighted by atomic mass is 16.2. The van der Waals surface area contributed by atoms with Crippen molar-refractivity contribution in [3.05, 3.63) is 0 Å². The maximum atomic E-state index is 13.0. The molecule has 4 saturated carbocycles. The van der Waals surface area contributed by atoms with Crippen molar-refractivity contribution in [1.29, 1.82) is 0 Å². The average molecular weight is 261 g/mol. The lowest BCUT2D eigenvalue weighted by molar-refractivity contribution is -0.150. The Bertz CT molecular complexity index is 349. The molecule has 0 aromatic heterocycles. The van der Waals surface area contributed by atoms with Gasteiger partial charge in [0.1, 0.15) is 0 Å². The van der Waals surface area contributed by atoms with Crippen LogP contribution < -0.4 is 0 Å². The second-order valence-electron chi connectivity index (χ2n) is 7.99. The van der Waals surface area contributed by atoms with Gasteiger partial charge in [-0.3, -0.25) is 4.79 Å². The summed E-state index contributed by atoms with van der Waals surface area (Å²) in [6.07, 6.45) is 9.49. The van der Waals surface area contributed by atoms with Crippen LogP contribution in [0.4, 0.5) is 0 Å². The van der Waals surface area contributed by atoms with Gasteiger partial charge >= 0.3 is 0 Å². The molecule has 1 atom stereocenters. The van der Waals surface area contributed by atoms with Crippen molar-refractivity contribution < 1.29 is 4.79 Å². The van der Waals surface area contributed by atoms with Crippen LogP contribution in [0.25, 0.3) is 0 Å². The lowest BCUT2D eigenvalue weighted by Gasteiger charge is -2.54. The molecule has 0 N–H and O–H groups in total. The molecule has 1 unspecified atom stereocenters. The van der Waals surface area contributed by atoms with E-state index in [9.17, 15) is 4.79 Å². The first-order valence-corrected chi connectivity index (χ1v) is 8.49. The Morgan fingerprint density at radius 2 is 1.63 bits per heavy atom. The fraction of sp³-hybridized carbons (Fsp3) is 0.941. The van der Waals surface area contributed by atoms with Gasteiger partial charge in [0.05, 0.1) is 0 Å². The third kappa shape index (κ3) is 2.02. The molecule has 2 heteroatoms. The first-order chi connectivity index (χ1) is 9.20. The van der Waals surface area contributed by atoms with Gasteiger partial charge in [-0.2, -0.15) is 0 Å². The molecule has 0 spiro atoms. The molecule has 0 aromatic rings. The summed E-state index contributed by atoms with van der Waals surface area (Å²) in [6, 6.07) is 0. The van der Waals surface area contributed by atoms with Crippen LogP contribution in [0.3, 0.4) is 0 Å². The topological polar surface area (TPSA) is 20.3 Å². The molecule has 0 radical (unpaired) electrons. The van der Waals surface area contributed by atoms with Gasteiger partial charge in [-0.25, -0.2) is 0 Å². The predicted octanol–water partition coefficient (Wildman–Crippen LogP) is 3.32. The van der Waals surface area contributed by atoms with Crippen LogP contribution in [0.2, 0.25) is 0 Å². The van der Waals surface area contributed by atoms with E-state index in [2.05, 4.69) is 11.8 Å². The van der Waals surface area contributed by atoms with Gasteiger partial charge < -0.3 is 4.90 Å². The standard InChI is InChI=1S/C17H27NO/c1-11-3-2-4-18(10-11)17(19)16-14-6-12-5-13(8-14)9-15(16)7-12/h11-16H,2-10H2,1H3. The van der Waals surface area contributed by atoms with Gasteiger partial charge in [0.25, 0.3) is 0 Å². The number of nitrogens with zero attached hydrogens (tertiary/aromatic N) is 1. The maximum Gasteiger partial charge on any atom is 0.226 e. The van der Waals surface area contributed by atoms with Crippen LogP contribution in [0.15, 0.2) is 0 Å². The number of rotatable bonds is 1. The molecule has 4 bridgehead atoms. The zero-order valence-corrected chi connectivity index (χ0v) is 12.2. The lowest BCUT2D eigenvalue weighted by atomic mass is 9.51. The first kappa shape index (κ1) is 12.2. The maximum absolute atomic E-state index is 13.0. The highest BCUT2D eigenvalue weighted by Crippen LogP contribution is 2.56. The van der Waals surface area contributed by atoms with E-state index in [-0.39, 0.29) is 0 Å². The Kier molecular flexibility index (Phi) is 2.89. The predicted molar refractivity (Wildman–Crippen MR) is 75.5 cm³/mol. The highest BCUT2D eigenvalue weighted by Gasteiger charge is 2.51. The summed E-state index contributed by atoms with van der Waals surface area (Å²) in [4.78, 5) is 15.2. The molecule has 1 saturated heterocycles. The van der Waals surface area contributed by atoms with E-state index < -0.39 is 0 Å². The van der Waals surface area contributed by atoms with Gasteiger partial charge in [-0.05, 0) is 74.5 Å². The smallest absolute Gasteiger partial charge is 0.226 e. The zero-order chi connectivity index (χ0) is 13.0. The molecular formula is C17H27NO.